The van der Waals surface area contributed by atoms with Crippen molar-refractivity contribution < 1.29 is 9.53 Å². The topological polar surface area (TPSA) is 38.3 Å². The van der Waals surface area contributed by atoms with Crippen LogP contribution in [0.5, 0.6) is 0 Å². The van der Waals surface area contributed by atoms with Gasteiger partial charge in [0, 0.05) is 30.4 Å². The molecule has 1 aromatic rings. The van der Waals surface area contributed by atoms with Gasteiger partial charge in [0.25, 0.3) is 5.91 Å². The molecule has 1 aliphatic rings. The van der Waals surface area contributed by atoms with Gasteiger partial charge in [0.2, 0.25) is 0 Å². The van der Waals surface area contributed by atoms with Crippen molar-refractivity contribution in [3.05, 3.63) is 22.4 Å². The molecule has 0 aromatic carbocycles. The zero-order valence-electron chi connectivity index (χ0n) is 9.19. The highest BCUT2D eigenvalue weighted by molar-refractivity contribution is 7.99. The maximum Gasteiger partial charge on any atom is 0.252 e. The highest BCUT2D eigenvalue weighted by Gasteiger charge is 2.34. The van der Waals surface area contributed by atoms with Crippen LogP contribution in [-0.4, -0.2) is 36.7 Å². The van der Waals surface area contributed by atoms with Crippen molar-refractivity contribution in [1.29, 1.82) is 0 Å². The van der Waals surface area contributed by atoms with Crippen molar-refractivity contribution in [2.75, 3.05) is 25.2 Å². The van der Waals surface area contributed by atoms with Gasteiger partial charge in [0.1, 0.15) is 0 Å². The Morgan fingerprint density at radius 3 is 3.12 bits per heavy atom. The third kappa shape index (κ3) is 2.59. The highest BCUT2D eigenvalue weighted by Crippen LogP contribution is 2.30. The number of amides is 1. The summed E-state index contributed by atoms with van der Waals surface area (Å²) in [6.45, 7) is 0.602. The SMILES string of the molecule is CO[C@]1(CNC(=O)c2ccsc2)CCSC1. The molecule has 1 fully saturated rings. The van der Waals surface area contributed by atoms with Gasteiger partial charge in [-0.1, -0.05) is 0 Å². The molecule has 16 heavy (non-hydrogen) atoms. The van der Waals surface area contributed by atoms with Gasteiger partial charge in [0.15, 0.2) is 0 Å². The van der Waals surface area contributed by atoms with Gasteiger partial charge < -0.3 is 10.1 Å². The highest BCUT2D eigenvalue weighted by atomic mass is 32.2. The Balaban J connectivity index is 1.89. The number of thiophene rings is 1. The van der Waals surface area contributed by atoms with Gasteiger partial charge in [-0.05, 0) is 23.6 Å². The number of hydrogen-bond donors (Lipinski definition) is 1. The van der Waals surface area contributed by atoms with Crippen molar-refractivity contribution in [3.8, 4) is 0 Å². The number of hydrogen-bond acceptors (Lipinski definition) is 4. The summed E-state index contributed by atoms with van der Waals surface area (Å²) in [7, 11) is 1.72. The molecule has 1 amide bonds. The maximum absolute atomic E-state index is 11.8. The lowest BCUT2D eigenvalue weighted by Gasteiger charge is -2.26. The molecule has 2 heterocycles. The molecule has 2 rings (SSSR count). The predicted octanol–water partition coefficient (Wildman–Crippen LogP) is 2.00. The molecule has 1 saturated heterocycles. The summed E-state index contributed by atoms with van der Waals surface area (Å²) in [6.07, 6.45) is 1.01. The Kier molecular flexibility index (Phi) is 3.89. The third-order valence-corrected chi connectivity index (χ3v) is 4.76. The lowest BCUT2D eigenvalue weighted by Crippen LogP contribution is -2.44. The molecule has 1 aliphatic heterocycles. The van der Waals surface area contributed by atoms with Gasteiger partial charge in [-0.15, -0.1) is 0 Å². The first-order valence-electron chi connectivity index (χ1n) is 5.19. The molecule has 0 saturated carbocycles. The van der Waals surface area contributed by atoms with Gasteiger partial charge in [-0.3, -0.25) is 4.79 Å². The summed E-state index contributed by atoms with van der Waals surface area (Å²) in [5.74, 6) is 2.07. The molecule has 1 aromatic heterocycles. The monoisotopic (exact) mass is 257 g/mol. The quantitative estimate of drug-likeness (QED) is 0.896. The normalized spacial score (nSPS) is 24.6. The molecular formula is C11H15NO2S2. The van der Waals surface area contributed by atoms with Crippen LogP contribution >= 0.6 is 23.1 Å². The van der Waals surface area contributed by atoms with E-state index >= 15 is 0 Å². The number of rotatable bonds is 4. The van der Waals surface area contributed by atoms with Crippen molar-refractivity contribution in [3.63, 3.8) is 0 Å². The fourth-order valence-corrected chi connectivity index (χ4v) is 3.73. The second-order valence-corrected chi connectivity index (χ2v) is 5.77. The Morgan fingerprint density at radius 1 is 1.69 bits per heavy atom. The molecule has 0 bridgehead atoms. The molecule has 0 unspecified atom stereocenters. The summed E-state index contributed by atoms with van der Waals surface area (Å²) >= 11 is 3.42. The Morgan fingerprint density at radius 2 is 2.56 bits per heavy atom. The Labute approximate surface area is 104 Å². The van der Waals surface area contributed by atoms with Gasteiger partial charge >= 0.3 is 0 Å². The molecule has 1 atom stereocenters. The van der Waals surface area contributed by atoms with Crippen LogP contribution in [0.25, 0.3) is 0 Å². The van der Waals surface area contributed by atoms with E-state index < -0.39 is 0 Å². The molecule has 5 heteroatoms. The summed E-state index contributed by atoms with van der Waals surface area (Å²) in [5.41, 5.74) is 0.581. The van der Waals surface area contributed by atoms with E-state index in [1.165, 1.54) is 11.3 Å². The molecular weight excluding hydrogens is 242 g/mol. The summed E-state index contributed by atoms with van der Waals surface area (Å²) in [4.78, 5) is 11.8. The van der Waals surface area contributed by atoms with E-state index in [0.29, 0.717) is 6.54 Å². The van der Waals surface area contributed by atoms with E-state index in [0.717, 1.165) is 23.5 Å². The number of thioether (sulfide) groups is 1. The number of methoxy groups -OCH3 is 1. The molecule has 0 aliphatic carbocycles. The van der Waals surface area contributed by atoms with Crippen LogP contribution in [0.3, 0.4) is 0 Å². The Bertz CT molecular complexity index is 345. The minimum atomic E-state index is -0.156. The van der Waals surface area contributed by atoms with E-state index in [1.54, 1.807) is 7.11 Å². The predicted molar refractivity (Wildman–Crippen MR) is 68.3 cm³/mol. The first kappa shape index (κ1) is 12.0. The Hall–Kier alpha value is -0.520. The summed E-state index contributed by atoms with van der Waals surface area (Å²) in [5, 5.41) is 6.72. The van der Waals surface area contributed by atoms with Crippen LogP contribution in [0.1, 0.15) is 16.8 Å². The van der Waals surface area contributed by atoms with Gasteiger partial charge in [0.05, 0.1) is 5.60 Å². The molecule has 3 nitrogen and oxygen atoms in total. The van der Waals surface area contributed by atoms with Crippen molar-refractivity contribution in [2.45, 2.75) is 12.0 Å². The fraction of sp³-hybridized carbons (Fsp3) is 0.545. The standard InChI is InChI=1S/C11H15NO2S2/c1-14-11(3-5-16-8-11)7-12-10(13)9-2-4-15-6-9/h2,4,6H,3,5,7-8H2,1H3,(H,12,13)/t11-/m0/s1. The van der Waals surface area contributed by atoms with Gasteiger partial charge in [-0.25, -0.2) is 0 Å². The smallest absolute Gasteiger partial charge is 0.252 e. The third-order valence-electron chi connectivity index (χ3n) is 2.85. The van der Waals surface area contributed by atoms with Crippen molar-refractivity contribution in [2.24, 2.45) is 0 Å². The fourth-order valence-electron chi connectivity index (χ4n) is 1.70. The average Bonchev–Trinajstić information content (AvgIpc) is 2.98. The second kappa shape index (κ2) is 5.21. The number of carbonyl (C=O) groups excluding carboxylic acids is 1. The summed E-state index contributed by atoms with van der Waals surface area (Å²) in [6, 6.07) is 1.84. The van der Waals surface area contributed by atoms with Crippen molar-refractivity contribution >= 4 is 29.0 Å². The number of carbonyl (C=O) groups is 1. The van der Waals surface area contributed by atoms with E-state index in [9.17, 15) is 4.79 Å². The average molecular weight is 257 g/mol. The van der Waals surface area contributed by atoms with Crippen LogP contribution in [0.15, 0.2) is 16.8 Å². The first-order chi connectivity index (χ1) is 7.76. The van der Waals surface area contributed by atoms with Crippen LogP contribution in [0.4, 0.5) is 0 Å². The van der Waals surface area contributed by atoms with Crippen LogP contribution < -0.4 is 5.32 Å². The molecule has 0 radical (unpaired) electrons. The lowest BCUT2D eigenvalue weighted by atomic mass is 10.0. The van der Waals surface area contributed by atoms with Crippen LogP contribution in [-0.2, 0) is 4.74 Å². The van der Waals surface area contributed by atoms with E-state index in [2.05, 4.69) is 5.32 Å². The van der Waals surface area contributed by atoms with E-state index in [-0.39, 0.29) is 11.5 Å². The molecule has 88 valence electrons. The zero-order valence-corrected chi connectivity index (χ0v) is 10.8. The van der Waals surface area contributed by atoms with E-state index in [4.69, 9.17) is 4.74 Å². The zero-order chi connectivity index (χ0) is 11.4. The second-order valence-electron chi connectivity index (χ2n) is 3.88. The van der Waals surface area contributed by atoms with Gasteiger partial charge in [-0.2, -0.15) is 23.1 Å². The number of ether oxygens (including phenoxy) is 1. The maximum atomic E-state index is 11.8. The molecule has 1 N–H and O–H groups in total. The van der Waals surface area contributed by atoms with E-state index in [1.807, 2.05) is 28.6 Å². The minimum Gasteiger partial charge on any atom is -0.376 e. The minimum absolute atomic E-state index is 0.00502. The van der Waals surface area contributed by atoms with Crippen molar-refractivity contribution in [1.82, 2.24) is 5.32 Å². The summed E-state index contributed by atoms with van der Waals surface area (Å²) < 4.78 is 5.53. The van der Waals surface area contributed by atoms with Crippen LogP contribution in [0.2, 0.25) is 0 Å². The molecule has 0 spiro atoms. The lowest BCUT2D eigenvalue weighted by molar-refractivity contribution is 0.0137. The first-order valence-corrected chi connectivity index (χ1v) is 7.29. The van der Waals surface area contributed by atoms with Crippen LogP contribution in [0, 0.1) is 0 Å². The largest absolute Gasteiger partial charge is 0.376 e. The number of nitrogens with one attached hydrogen (secondary N) is 1.